The minimum atomic E-state index is -4.38. The molecule has 180 valence electrons. The number of benzene rings is 5. The van der Waals surface area contributed by atoms with Crippen molar-refractivity contribution < 1.29 is 13.2 Å². The Balaban J connectivity index is 1.58. The molecule has 0 heterocycles. The van der Waals surface area contributed by atoms with E-state index >= 15 is 0 Å². The lowest BCUT2D eigenvalue weighted by atomic mass is 9.69. The van der Waals surface area contributed by atoms with E-state index in [1.807, 2.05) is 30.3 Å². The molecule has 0 fully saturated rings. The third-order valence-electron chi connectivity index (χ3n) is 7.68. The molecule has 0 spiro atoms. The molecular formula is C32H24ClF3. The molecule has 0 aromatic heterocycles. The normalized spacial score (nSPS) is 17.9. The predicted molar refractivity (Wildman–Crippen MR) is 142 cm³/mol. The van der Waals surface area contributed by atoms with Crippen LogP contribution in [-0.2, 0) is 12.6 Å². The highest BCUT2D eigenvalue weighted by Gasteiger charge is 2.34. The molecule has 0 amide bonds. The molecule has 4 heteroatoms. The highest BCUT2D eigenvalue weighted by molar-refractivity contribution is 6.30. The molecule has 0 radical (unpaired) electrons. The second-order valence-corrected chi connectivity index (χ2v) is 10.3. The largest absolute Gasteiger partial charge is 0.416 e. The van der Waals surface area contributed by atoms with Gasteiger partial charge in [-0.3, -0.25) is 0 Å². The van der Waals surface area contributed by atoms with Crippen LogP contribution in [0.1, 0.15) is 51.6 Å². The maximum Gasteiger partial charge on any atom is 0.416 e. The van der Waals surface area contributed by atoms with Gasteiger partial charge in [-0.25, -0.2) is 0 Å². The first-order chi connectivity index (χ1) is 17.3. The van der Waals surface area contributed by atoms with Gasteiger partial charge in [-0.15, -0.1) is 0 Å². The Hall–Kier alpha value is -3.30. The zero-order valence-electron chi connectivity index (χ0n) is 19.7. The van der Waals surface area contributed by atoms with E-state index in [0.717, 1.165) is 51.6 Å². The molecule has 5 aromatic rings. The fourth-order valence-electron chi connectivity index (χ4n) is 6.07. The topological polar surface area (TPSA) is 0 Å². The second-order valence-electron chi connectivity index (χ2n) is 9.83. The first-order valence-corrected chi connectivity index (χ1v) is 12.5. The molecule has 6 rings (SSSR count). The minimum Gasteiger partial charge on any atom is -0.166 e. The predicted octanol–water partition coefficient (Wildman–Crippen LogP) is 9.84. The summed E-state index contributed by atoms with van der Waals surface area (Å²) in [7, 11) is 0. The SMILES string of the molecule is Cc1cc(Cl)ccc1C1Cc2ccc3c(ccc4ccccc43)c2C(c2cccc(C(F)(F)F)c2)C1. The van der Waals surface area contributed by atoms with Gasteiger partial charge in [0.25, 0.3) is 0 Å². The van der Waals surface area contributed by atoms with Crippen molar-refractivity contribution in [3.05, 3.63) is 129 Å². The Kier molecular flexibility index (Phi) is 5.57. The Morgan fingerprint density at radius 1 is 0.778 bits per heavy atom. The van der Waals surface area contributed by atoms with Gasteiger partial charge in [0.05, 0.1) is 5.56 Å². The van der Waals surface area contributed by atoms with E-state index in [1.165, 1.54) is 23.3 Å². The van der Waals surface area contributed by atoms with Gasteiger partial charge < -0.3 is 0 Å². The lowest BCUT2D eigenvalue weighted by Gasteiger charge is -2.34. The monoisotopic (exact) mass is 500 g/mol. The second kappa shape index (κ2) is 8.67. The van der Waals surface area contributed by atoms with Crippen molar-refractivity contribution in [2.75, 3.05) is 0 Å². The number of alkyl halides is 3. The fourth-order valence-corrected chi connectivity index (χ4v) is 6.29. The van der Waals surface area contributed by atoms with Gasteiger partial charge in [-0.2, -0.15) is 13.2 Å². The third kappa shape index (κ3) is 3.96. The number of aryl methyl sites for hydroxylation is 1. The van der Waals surface area contributed by atoms with E-state index in [4.69, 9.17) is 11.6 Å². The molecule has 0 nitrogen and oxygen atoms in total. The van der Waals surface area contributed by atoms with Gasteiger partial charge in [-0.1, -0.05) is 84.4 Å². The summed E-state index contributed by atoms with van der Waals surface area (Å²) in [5, 5.41) is 5.28. The van der Waals surface area contributed by atoms with E-state index in [9.17, 15) is 13.2 Å². The molecular weight excluding hydrogens is 477 g/mol. The molecule has 36 heavy (non-hydrogen) atoms. The number of hydrogen-bond acceptors (Lipinski definition) is 0. The van der Waals surface area contributed by atoms with Gasteiger partial charge in [0.15, 0.2) is 0 Å². The zero-order chi connectivity index (χ0) is 25.0. The molecule has 5 aromatic carbocycles. The molecule has 0 saturated heterocycles. The average molecular weight is 501 g/mol. The van der Waals surface area contributed by atoms with Crippen molar-refractivity contribution in [3.8, 4) is 0 Å². The summed E-state index contributed by atoms with van der Waals surface area (Å²) in [5.74, 6) is 0.0354. The summed E-state index contributed by atoms with van der Waals surface area (Å²) in [5.41, 5.74) is 4.79. The van der Waals surface area contributed by atoms with E-state index in [1.54, 1.807) is 0 Å². The summed E-state index contributed by atoms with van der Waals surface area (Å²) in [6.45, 7) is 2.06. The fraction of sp³-hybridized carbons (Fsp3) is 0.188. The van der Waals surface area contributed by atoms with Gasteiger partial charge in [-0.05, 0) is 93.2 Å². The molecule has 1 aliphatic carbocycles. The van der Waals surface area contributed by atoms with Crippen LogP contribution in [0.2, 0.25) is 5.02 Å². The van der Waals surface area contributed by atoms with E-state index in [0.29, 0.717) is 10.6 Å². The average Bonchev–Trinajstić information content (AvgIpc) is 2.87. The lowest BCUT2D eigenvalue weighted by Crippen LogP contribution is -2.20. The van der Waals surface area contributed by atoms with Crippen LogP contribution in [0.15, 0.2) is 91.0 Å². The Morgan fingerprint density at radius 2 is 1.58 bits per heavy atom. The van der Waals surface area contributed by atoms with E-state index in [-0.39, 0.29) is 11.8 Å². The highest BCUT2D eigenvalue weighted by Crippen LogP contribution is 2.48. The third-order valence-corrected chi connectivity index (χ3v) is 7.92. The Morgan fingerprint density at radius 3 is 2.39 bits per heavy atom. The van der Waals surface area contributed by atoms with Crippen LogP contribution in [-0.4, -0.2) is 0 Å². The number of hydrogen-bond donors (Lipinski definition) is 0. The Labute approximate surface area is 213 Å². The van der Waals surface area contributed by atoms with Crippen molar-refractivity contribution in [1.82, 2.24) is 0 Å². The maximum atomic E-state index is 13.7. The van der Waals surface area contributed by atoms with E-state index < -0.39 is 11.7 Å². The van der Waals surface area contributed by atoms with Crippen LogP contribution < -0.4 is 0 Å². The van der Waals surface area contributed by atoms with Crippen LogP contribution in [0.5, 0.6) is 0 Å². The van der Waals surface area contributed by atoms with Gasteiger partial charge >= 0.3 is 6.18 Å². The van der Waals surface area contributed by atoms with Crippen molar-refractivity contribution >= 4 is 33.1 Å². The molecule has 0 saturated carbocycles. The van der Waals surface area contributed by atoms with Crippen molar-refractivity contribution in [2.45, 2.75) is 37.8 Å². The minimum absolute atomic E-state index is 0.152. The standard InChI is InChI=1S/C32H24ClF3/c1-19-15-25(33)11-14-26(19)23-16-22-10-12-28-27-8-3-2-5-20(27)9-13-29(28)31(22)30(18-23)21-6-4-7-24(17-21)32(34,35)36/h2-15,17,23,30H,16,18H2,1H3. The zero-order valence-corrected chi connectivity index (χ0v) is 20.5. The maximum absolute atomic E-state index is 13.7. The quantitative estimate of drug-likeness (QED) is 0.211. The summed E-state index contributed by atoms with van der Waals surface area (Å²) < 4.78 is 41.0. The van der Waals surface area contributed by atoms with Crippen LogP contribution in [0, 0.1) is 6.92 Å². The van der Waals surface area contributed by atoms with Gasteiger partial charge in [0.2, 0.25) is 0 Å². The van der Waals surface area contributed by atoms with Gasteiger partial charge in [0, 0.05) is 10.9 Å². The molecule has 2 unspecified atom stereocenters. The van der Waals surface area contributed by atoms with Gasteiger partial charge in [0.1, 0.15) is 0 Å². The van der Waals surface area contributed by atoms with Crippen molar-refractivity contribution in [3.63, 3.8) is 0 Å². The summed E-state index contributed by atoms with van der Waals surface area (Å²) in [6.07, 6.45) is -2.80. The number of halogens is 4. The molecule has 1 aliphatic rings. The lowest BCUT2D eigenvalue weighted by molar-refractivity contribution is -0.137. The van der Waals surface area contributed by atoms with Crippen molar-refractivity contribution in [2.24, 2.45) is 0 Å². The molecule has 0 bridgehead atoms. The van der Waals surface area contributed by atoms with E-state index in [2.05, 4.69) is 49.4 Å². The summed E-state index contributed by atoms with van der Waals surface area (Å²) in [4.78, 5) is 0. The first kappa shape index (κ1) is 23.1. The highest BCUT2D eigenvalue weighted by atomic mass is 35.5. The molecule has 0 aliphatic heterocycles. The van der Waals surface area contributed by atoms with Crippen LogP contribution in [0.25, 0.3) is 21.5 Å². The number of rotatable bonds is 2. The first-order valence-electron chi connectivity index (χ1n) is 12.2. The summed E-state index contributed by atoms with van der Waals surface area (Å²) in [6, 6.07) is 28.7. The van der Waals surface area contributed by atoms with Crippen molar-refractivity contribution in [1.29, 1.82) is 0 Å². The molecule has 2 atom stereocenters. The summed E-state index contributed by atoms with van der Waals surface area (Å²) >= 11 is 6.23. The smallest absolute Gasteiger partial charge is 0.166 e. The molecule has 0 N–H and O–H groups in total. The van der Waals surface area contributed by atoms with Crippen LogP contribution in [0.3, 0.4) is 0 Å². The van der Waals surface area contributed by atoms with Crippen LogP contribution in [0.4, 0.5) is 13.2 Å². The number of fused-ring (bicyclic) bond motifs is 5. The Bertz CT molecular complexity index is 1620. The van der Waals surface area contributed by atoms with Crippen LogP contribution >= 0.6 is 11.6 Å².